The van der Waals surface area contributed by atoms with Crippen LogP contribution in [0.4, 0.5) is 8.78 Å². The molecule has 28 heavy (non-hydrogen) atoms. The molecule has 0 aliphatic rings. The molecule has 4 aromatic rings. The lowest BCUT2D eigenvalue weighted by molar-refractivity contribution is 0.416. The maximum Gasteiger partial charge on any atom is 0.237 e. The van der Waals surface area contributed by atoms with Gasteiger partial charge in [-0.05, 0) is 29.3 Å². The summed E-state index contributed by atoms with van der Waals surface area (Å²) in [6.45, 7) is 3.80. The molecule has 0 atom stereocenters. The topological polar surface area (TPSA) is 43.6 Å². The molecule has 0 amide bonds. The first-order valence-corrected chi connectivity index (χ1v) is 8.44. The zero-order valence-corrected chi connectivity index (χ0v) is 14.6. The fourth-order valence-electron chi connectivity index (χ4n) is 2.98. The summed E-state index contributed by atoms with van der Waals surface area (Å²) in [5.74, 6) is -1.57. The first-order valence-electron chi connectivity index (χ1n) is 8.44. The maximum absolute atomic E-state index is 13.8. The number of halogens is 2. The van der Waals surface area contributed by atoms with Gasteiger partial charge >= 0.3 is 0 Å². The largest absolute Gasteiger partial charge is 0.434 e. The van der Waals surface area contributed by atoms with Crippen LogP contribution in [0, 0.1) is 11.6 Å². The van der Waals surface area contributed by atoms with Gasteiger partial charge < -0.3 is 4.74 Å². The summed E-state index contributed by atoms with van der Waals surface area (Å²) in [5, 5.41) is 4.29. The van der Waals surface area contributed by atoms with Crippen molar-refractivity contribution < 1.29 is 13.5 Å². The van der Waals surface area contributed by atoms with Crippen molar-refractivity contribution in [3.05, 3.63) is 101 Å². The number of pyridine rings is 1. The summed E-state index contributed by atoms with van der Waals surface area (Å²) in [5.41, 5.74) is 2.44. The molecule has 2 heterocycles. The lowest BCUT2D eigenvalue weighted by Crippen LogP contribution is -2.09. The van der Waals surface area contributed by atoms with E-state index in [9.17, 15) is 13.6 Å². The molecular formula is C22H14F2N2O2. The van der Waals surface area contributed by atoms with Crippen LogP contribution in [0.25, 0.3) is 22.7 Å². The van der Waals surface area contributed by atoms with Gasteiger partial charge in [-0.15, -0.1) is 5.10 Å². The molecule has 0 aliphatic carbocycles. The van der Waals surface area contributed by atoms with Crippen LogP contribution >= 0.6 is 0 Å². The Labute approximate surface area is 159 Å². The number of rotatable bonds is 4. The summed E-state index contributed by atoms with van der Waals surface area (Å²) in [6, 6.07) is 15.0. The Hall–Kier alpha value is -3.80. The van der Waals surface area contributed by atoms with Gasteiger partial charge in [0, 0.05) is 24.4 Å². The number of fused-ring (bicyclic) bond motifs is 1. The summed E-state index contributed by atoms with van der Waals surface area (Å²) >= 11 is 0. The average molecular weight is 376 g/mol. The van der Waals surface area contributed by atoms with E-state index in [1.165, 1.54) is 28.9 Å². The molecule has 0 fully saturated rings. The average Bonchev–Trinajstić information content (AvgIpc) is 2.70. The van der Waals surface area contributed by atoms with Gasteiger partial charge in [-0.2, -0.15) is 0 Å². The molecule has 0 radical (unpaired) electrons. The van der Waals surface area contributed by atoms with E-state index in [0.717, 1.165) is 23.3 Å². The van der Waals surface area contributed by atoms with Crippen LogP contribution in [-0.4, -0.2) is 9.61 Å². The molecule has 6 heteroatoms. The third-order valence-electron chi connectivity index (χ3n) is 4.27. The van der Waals surface area contributed by atoms with Gasteiger partial charge in [0.1, 0.15) is 5.82 Å². The number of hydrogen-bond acceptors (Lipinski definition) is 3. The Morgan fingerprint density at radius 3 is 2.64 bits per heavy atom. The first-order chi connectivity index (χ1) is 13.6. The normalized spacial score (nSPS) is 10.8. The van der Waals surface area contributed by atoms with E-state index >= 15 is 0 Å². The molecule has 0 saturated heterocycles. The molecule has 4 rings (SSSR count). The molecule has 0 N–H and O–H groups in total. The second-order valence-electron chi connectivity index (χ2n) is 6.02. The van der Waals surface area contributed by atoms with Gasteiger partial charge in [0.15, 0.2) is 17.0 Å². The zero-order chi connectivity index (χ0) is 19.7. The van der Waals surface area contributed by atoms with Crippen LogP contribution < -0.4 is 10.2 Å². The van der Waals surface area contributed by atoms with Crippen LogP contribution in [0.3, 0.4) is 0 Å². The van der Waals surface area contributed by atoms with E-state index in [0.29, 0.717) is 11.1 Å². The van der Waals surface area contributed by atoms with Crippen LogP contribution in [-0.2, 0) is 0 Å². The highest BCUT2D eigenvalue weighted by molar-refractivity contribution is 5.85. The van der Waals surface area contributed by atoms with Crippen LogP contribution in [0.5, 0.6) is 11.6 Å². The number of ether oxygens (including phenoxy) is 1. The van der Waals surface area contributed by atoms with E-state index in [2.05, 4.69) is 11.7 Å². The van der Waals surface area contributed by atoms with Gasteiger partial charge in [0.05, 0.1) is 11.1 Å². The Balaban J connectivity index is 1.83. The van der Waals surface area contributed by atoms with E-state index in [1.807, 2.05) is 24.3 Å². The standard InChI is InChI=1S/C22H14F2N2O2/c1-2-14-5-3-4-6-16(14)22-18-8-10-21(25-26(18)12-11-19(22)27)28-20-9-7-15(23)13-17(20)24/h2-13H,1H2. The molecule has 138 valence electrons. The summed E-state index contributed by atoms with van der Waals surface area (Å²) in [4.78, 5) is 12.6. The maximum atomic E-state index is 13.8. The molecule has 2 aromatic heterocycles. The molecule has 0 saturated carbocycles. The second kappa shape index (κ2) is 7.08. The smallest absolute Gasteiger partial charge is 0.237 e. The zero-order valence-electron chi connectivity index (χ0n) is 14.6. The Kier molecular flexibility index (Phi) is 4.45. The first kappa shape index (κ1) is 17.6. The van der Waals surface area contributed by atoms with Gasteiger partial charge in [-0.3, -0.25) is 4.79 Å². The fraction of sp³-hybridized carbons (Fsp3) is 0. The van der Waals surface area contributed by atoms with Crippen molar-refractivity contribution in [1.82, 2.24) is 9.61 Å². The number of benzene rings is 2. The number of nitrogens with zero attached hydrogens (tertiary/aromatic N) is 2. The van der Waals surface area contributed by atoms with Crippen molar-refractivity contribution in [2.45, 2.75) is 0 Å². The third-order valence-corrected chi connectivity index (χ3v) is 4.27. The monoisotopic (exact) mass is 376 g/mol. The van der Waals surface area contributed by atoms with Gasteiger partial charge in [-0.1, -0.05) is 36.9 Å². The molecule has 0 aliphatic heterocycles. The minimum atomic E-state index is -0.831. The van der Waals surface area contributed by atoms with Crippen molar-refractivity contribution in [2.75, 3.05) is 0 Å². The van der Waals surface area contributed by atoms with E-state index < -0.39 is 11.6 Å². The van der Waals surface area contributed by atoms with Crippen LogP contribution in [0.15, 0.2) is 78.2 Å². The minimum absolute atomic E-state index is 0.101. The minimum Gasteiger partial charge on any atom is -0.434 e. The van der Waals surface area contributed by atoms with E-state index in [1.54, 1.807) is 12.1 Å². The van der Waals surface area contributed by atoms with Crippen molar-refractivity contribution >= 4 is 11.6 Å². The fourth-order valence-corrected chi connectivity index (χ4v) is 2.98. The van der Waals surface area contributed by atoms with Crippen molar-refractivity contribution in [3.63, 3.8) is 0 Å². The molecular weight excluding hydrogens is 362 g/mol. The molecule has 0 bridgehead atoms. The van der Waals surface area contributed by atoms with E-state index in [-0.39, 0.29) is 17.1 Å². The molecule has 4 nitrogen and oxygen atoms in total. The van der Waals surface area contributed by atoms with Crippen molar-refractivity contribution in [2.24, 2.45) is 0 Å². The number of hydrogen-bond donors (Lipinski definition) is 0. The highest BCUT2D eigenvalue weighted by Crippen LogP contribution is 2.28. The van der Waals surface area contributed by atoms with Crippen molar-refractivity contribution in [1.29, 1.82) is 0 Å². The van der Waals surface area contributed by atoms with Crippen LogP contribution in [0.2, 0.25) is 0 Å². The summed E-state index contributed by atoms with van der Waals surface area (Å²) < 4.78 is 33.8. The van der Waals surface area contributed by atoms with Gasteiger partial charge in [0.2, 0.25) is 5.88 Å². The quantitative estimate of drug-likeness (QED) is 0.499. The third kappa shape index (κ3) is 3.16. The second-order valence-corrected chi connectivity index (χ2v) is 6.02. The highest BCUT2D eigenvalue weighted by atomic mass is 19.1. The Morgan fingerprint density at radius 1 is 1.04 bits per heavy atom. The molecule has 2 aromatic carbocycles. The van der Waals surface area contributed by atoms with Crippen molar-refractivity contribution in [3.8, 4) is 22.8 Å². The lowest BCUT2D eigenvalue weighted by Gasteiger charge is -2.11. The molecule has 0 unspecified atom stereocenters. The predicted molar refractivity (Wildman–Crippen MR) is 103 cm³/mol. The highest BCUT2D eigenvalue weighted by Gasteiger charge is 2.13. The predicted octanol–water partition coefficient (Wildman–Crippen LogP) is 5.08. The van der Waals surface area contributed by atoms with Gasteiger partial charge in [-0.25, -0.2) is 13.3 Å². The van der Waals surface area contributed by atoms with E-state index in [4.69, 9.17) is 4.74 Å². The summed E-state index contributed by atoms with van der Waals surface area (Å²) in [6.07, 6.45) is 3.19. The Bertz CT molecular complexity index is 1270. The SMILES string of the molecule is C=Cc1ccccc1-c1c(=O)ccn2nc(Oc3ccc(F)cc3F)ccc12. The lowest BCUT2D eigenvalue weighted by atomic mass is 9.99. The summed E-state index contributed by atoms with van der Waals surface area (Å²) in [7, 11) is 0. The number of aromatic nitrogens is 2. The molecule has 0 spiro atoms. The Morgan fingerprint density at radius 2 is 1.86 bits per heavy atom. The van der Waals surface area contributed by atoms with Gasteiger partial charge in [0.25, 0.3) is 0 Å². The van der Waals surface area contributed by atoms with Crippen LogP contribution in [0.1, 0.15) is 5.56 Å².